The third-order valence-electron chi connectivity index (χ3n) is 4.00. The summed E-state index contributed by atoms with van der Waals surface area (Å²) in [7, 11) is -1.19. The van der Waals surface area contributed by atoms with Crippen LogP contribution in [0.1, 0.15) is 24.9 Å². The lowest BCUT2D eigenvalue weighted by molar-refractivity contribution is -0.122. The van der Waals surface area contributed by atoms with Gasteiger partial charge >= 0.3 is 0 Å². The van der Waals surface area contributed by atoms with Crippen molar-refractivity contribution >= 4 is 15.7 Å². The lowest BCUT2D eigenvalue weighted by atomic mass is 10.1. The van der Waals surface area contributed by atoms with Crippen molar-refractivity contribution < 1.29 is 17.6 Å². The molecule has 1 heterocycles. The van der Waals surface area contributed by atoms with Crippen LogP contribution in [-0.2, 0) is 14.6 Å². The van der Waals surface area contributed by atoms with Gasteiger partial charge in [0.25, 0.3) is 0 Å². The van der Waals surface area contributed by atoms with Crippen molar-refractivity contribution in [1.82, 2.24) is 10.2 Å². The van der Waals surface area contributed by atoms with E-state index in [1.54, 1.807) is 19.2 Å². The highest BCUT2D eigenvalue weighted by Gasteiger charge is 2.29. The van der Waals surface area contributed by atoms with Crippen LogP contribution in [-0.4, -0.2) is 50.4 Å². The zero-order chi connectivity index (χ0) is 16.3. The minimum Gasteiger partial charge on any atom is -0.351 e. The molecule has 1 N–H and O–H groups in total. The van der Waals surface area contributed by atoms with E-state index < -0.39 is 9.84 Å². The highest BCUT2D eigenvalue weighted by Crippen LogP contribution is 2.18. The fraction of sp³-hybridized carbons (Fsp3) is 0.533. The normalized spacial score (nSPS) is 21.7. The second-order valence-corrected chi connectivity index (χ2v) is 8.04. The van der Waals surface area contributed by atoms with Crippen LogP contribution in [0.4, 0.5) is 4.39 Å². The maximum Gasteiger partial charge on any atom is 0.234 e. The topological polar surface area (TPSA) is 66.5 Å². The third kappa shape index (κ3) is 4.51. The number of halogens is 1. The fourth-order valence-corrected chi connectivity index (χ4v) is 4.21. The lowest BCUT2D eigenvalue weighted by Gasteiger charge is -2.25. The van der Waals surface area contributed by atoms with E-state index in [2.05, 4.69) is 5.32 Å². The van der Waals surface area contributed by atoms with Gasteiger partial charge in [-0.1, -0.05) is 12.1 Å². The summed E-state index contributed by atoms with van der Waals surface area (Å²) < 4.78 is 35.7. The Bertz CT molecular complexity index is 631. The van der Waals surface area contributed by atoms with Crippen molar-refractivity contribution in [1.29, 1.82) is 0 Å². The monoisotopic (exact) mass is 328 g/mol. The molecule has 0 unspecified atom stereocenters. The van der Waals surface area contributed by atoms with Gasteiger partial charge in [-0.3, -0.25) is 9.69 Å². The minimum atomic E-state index is -3.00. The molecule has 1 saturated heterocycles. The highest BCUT2D eigenvalue weighted by atomic mass is 32.2. The van der Waals surface area contributed by atoms with E-state index in [1.165, 1.54) is 12.1 Å². The predicted octanol–water partition coefficient (Wildman–Crippen LogP) is 1.12. The number of hydrogen-bond donors (Lipinski definition) is 1. The maximum absolute atomic E-state index is 12.9. The van der Waals surface area contributed by atoms with Crippen molar-refractivity contribution in [2.45, 2.75) is 25.4 Å². The highest BCUT2D eigenvalue weighted by molar-refractivity contribution is 7.91. The van der Waals surface area contributed by atoms with Crippen LogP contribution >= 0.6 is 0 Å². The fourth-order valence-electron chi connectivity index (χ4n) is 2.54. The molecule has 1 amide bonds. The first-order valence-electron chi connectivity index (χ1n) is 7.22. The van der Waals surface area contributed by atoms with Gasteiger partial charge < -0.3 is 5.32 Å². The van der Waals surface area contributed by atoms with E-state index in [9.17, 15) is 17.6 Å². The first kappa shape index (κ1) is 16.9. The van der Waals surface area contributed by atoms with Crippen molar-refractivity contribution in [3.05, 3.63) is 35.6 Å². The van der Waals surface area contributed by atoms with Gasteiger partial charge in [0, 0.05) is 12.1 Å². The molecule has 5 nitrogen and oxygen atoms in total. The van der Waals surface area contributed by atoms with Gasteiger partial charge in [0.05, 0.1) is 18.1 Å². The van der Waals surface area contributed by atoms with Gasteiger partial charge in [-0.05, 0) is 38.1 Å². The molecule has 122 valence electrons. The zero-order valence-corrected chi connectivity index (χ0v) is 13.6. The molecule has 2 rings (SSSR count). The Labute approximate surface area is 130 Å². The van der Waals surface area contributed by atoms with Crippen LogP contribution in [0.5, 0.6) is 0 Å². The minimum absolute atomic E-state index is 0.0238. The van der Waals surface area contributed by atoms with Crippen LogP contribution in [0.25, 0.3) is 0 Å². The molecule has 1 aliphatic heterocycles. The molecule has 1 aromatic carbocycles. The summed E-state index contributed by atoms with van der Waals surface area (Å²) >= 11 is 0. The molecule has 0 saturated carbocycles. The molecule has 1 aliphatic rings. The van der Waals surface area contributed by atoms with Crippen LogP contribution < -0.4 is 5.32 Å². The number of carbonyl (C=O) groups excluding carboxylic acids is 1. The summed E-state index contributed by atoms with van der Waals surface area (Å²) in [5.74, 6) is -0.326. The Morgan fingerprint density at radius 3 is 2.59 bits per heavy atom. The van der Waals surface area contributed by atoms with E-state index in [4.69, 9.17) is 0 Å². The van der Waals surface area contributed by atoms with Crippen molar-refractivity contribution in [3.8, 4) is 0 Å². The summed E-state index contributed by atoms with van der Waals surface area (Å²) in [6, 6.07) is 5.84. The summed E-state index contributed by atoms with van der Waals surface area (Å²) in [4.78, 5) is 13.8. The number of sulfone groups is 1. The average Bonchev–Trinajstić information content (AvgIpc) is 2.77. The number of carbonyl (C=O) groups is 1. The Morgan fingerprint density at radius 1 is 1.41 bits per heavy atom. The van der Waals surface area contributed by atoms with Crippen LogP contribution in [0.3, 0.4) is 0 Å². The van der Waals surface area contributed by atoms with Crippen LogP contribution in [0, 0.1) is 5.82 Å². The summed E-state index contributed by atoms with van der Waals surface area (Å²) in [5, 5.41) is 2.76. The standard InChI is InChI=1S/C15H21FN2O3S/c1-11(12-3-5-13(16)6-4-12)18(2)9-15(19)17-14-7-8-22(20,21)10-14/h3-6,11,14H,7-10H2,1-2H3,(H,17,19)/t11-,14-/m1/s1. The molecular formula is C15H21FN2O3S. The Balaban J connectivity index is 1.87. The molecule has 7 heteroatoms. The second-order valence-electron chi connectivity index (χ2n) is 5.81. The summed E-state index contributed by atoms with van der Waals surface area (Å²) in [6.45, 7) is 2.09. The van der Waals surface area contributed by atoms with Crippen molar-refractivity contribution in [3.63, 3.8) is 0 Å². The van der Waals surface area contributed by atoms with Crippen LogP contribution in [0.2, 0.25) is 0 Å². The third-order valence-corrected chi connectivity index (χ3v) is 5.77. The van der Waals surface area contributed by atoms with Gasteiger partial charge in [0.2, 0.25) is 5.91 Å². The smallest absolute Gasteiger partial charge is 0.234 e. The molecule has 0 aliphatic carbocycles. The van der Waals surface area contributed by atoms with Gasteiger partial charge in [-0.15, -0.1) is 0 Å². The molecule has 0 bridgehead atoms. The summed E-state index contributed by atoms with van der Waals surface area (Å²) in [5.41, 5.74) is 0.917. The van der Waals surface area contributed by atoms with Gasteiger partial charge in [0.1, 0.15) is 5.82 Å². The van der Waals surface area contributed by atoms with E-state index in [0.29, 0.717) is 6.42 Å². The largest absolute Gasteiger partial charge is 0.351 e. The van der Waals surface area contributed by atoms with Crippen molar-refractivity contribution in [2.75, 3.05) is 25.1 Å². The Kier molecular flexibility index (Phi) is 5.18. The van der Waals surface area contributed by atoms with Gasteiger partial charge in [0.15, 0.2) is 9.84 Å². The molecule has 1 fully saturated rings. The number of amides is 1. The predicted molar refractivity (Wildman–Crippen MR) is 82.6 cm³/mol. The first-order chi connectivity index (χ1) is 10.3. The van der Waals surface area contributed by atoms with E-state index in [-0.39, 0.29) is 41.9 Å². The second kappa shape index (κ2) is 6.75. The molecule has 1 aromatic rings. The number of nitrogens with one attached hydrogen (secondary N) is 1. The van der Waals surface area contributed by atoms with Crippen molar-refractivity contribution in [2.24, 2.45) is 0 Å². The molecule has 0 radical (unpaired) electrons. The summed E-state index contributed by atoms with van der Waals surface area (Å²) in [6.07, 6.45) is 0.477. The molecule has 0 spiro atoms. The van der Waals surface area contributed by atoms with Crippen LogP contribution in [0.15, 0.2) is 24.3 Å². The Hall–Kier alpha value is -1.47. The lowest BCUT2D eigenvalue weighted by Crippen LogP contribution is -2.42. The van der Waals surface area contributed by atoms with E-state index in [1.807, 2.05) is 11.8 Å². The number of likely N-dealkylation sites (N-methyl/N-ethyl adjacent to an activating group) is 1. The molecule has 2 atom stereocenters. The molecule has 22 heavy (non-hydrogen) atoms. The Morgan fingerprint density at radius 2 is 2.05 bits per heavy atom. The van der Waals surface area contributed by atoms with E-state index >= 15 is 0 Å². The number of hydrogen-bond acceptors (Lipinski definition) is 4. The maximum atomic E-state index is 12.9. The van der Waals surface area contributed by atoms with Gasteiger partial charge in [-0.2, -0.15) is 0 Å². The quantitative estimate of drug-likeness (QED) is 0.880. The average molecular weight is 328 g/mol. The number of nitrogens with zero attached hydrogens (tertiary/aromatic N) is 1. The zero-order valence-electron chi connectivity index (χ0n) is 12.8. The number of rotatable bonds is 5. The molecule has 0 aromatic heterocycles. The molecular weight excluding hydrogens is 307 g/mol. The SMILES string of the molecule is C[C@H](c1ccc(F)cc1)N(C)CC(=O)N[C@@H]1CCS(=O)(=O)C1. The van der Waals surface area contributed by atoms with Gasteiger partial charge in [-0.25, -0.2) is 12.8 Å². The first-order valence-corrected chi connectivity index (χ1v) is 9.04. The number of benzene rings is 1. The van der Waals surface area contributed by atoms with E-state index in [0.717, 1.165) is 5.56 Å².